The van der Waals surface area contributed by atoms with E-state index in [1.54, 1.807) is 18.2 Å². The van der Waals surface area contributed by atoms with Crippen molar-refractivity contribution in [3.05, 3.63) is 36.0 Å². The Kier molecular flexibility index (Phi) is 7.98. The number of nitrogen functional groups attached to an aromatic ring is 1. The maximum absolute atomic E-state index is 12.4. The van der Waals surface area contributed by atoms with Crippen molar-refractivity contribution in [1.29, 1.82) is 5.26 Å². The molecule has 1 rings (SSSR count). The number of nitrogens with zero attached hydrogens (tertiary/aromatic N) is 2. The van der Waals surface area contributed by atoms with Gasteiger partial charge in [-0.15, -0.1) is 0 Å². The average Bonchev–Trinajstić information content (AvgIpc) is 2.56. The molecule has 1 aromatic rings. The van der Waals surface area contributed by atoms with E-state index in [0.717, 1.165) is 4.90 Å². The average molecular weight is 332 g/mol. The van der Waals surface area contributed by atoms with Crippen LogP contribution in [0.1, 0.15) is 6.92 Å². The topological polar surface area (TPSA) is 129 Å². The van der Waals surface area contributed by atoms with Crippen molar-refractivity contribution in [2.75, 3.05) is 37.0 Å². The summed E-state index contributed by atoms with van der Waals surface area (Å²) in [6.45, 7) is 2.02. The Morgan fingerprint density at radius 2 is 2.04 bits per heavy atom. The van der Waals surface area contributed by atoms with Crippen molar-refractivity contribution in [1.82, 2.24) is 5.32 Å². The van der Waals surface area contributed by atoms with E-state index in [2.05, 4.69) is 5.32 Å². The second-order valence-electron chi connectivity index (χ2n) is 4.71. The minimum absolute atomic E-state index is 0.0765. The van der Waals surface area contributed by atoms with Gasteiger partial charge in [-0.1, -0.05) is 0 Å². The number of hydrogen-bond acceptors (Lipinski definition) is 7. The van der Waals surface area contributed by atoms with E-state index in [4.69, 9.17) is 20.8 Å². The van der Waals surface area contributed by atoms with Crippen LogP contribution < -0.4 is 16.0 Å². The fraction of sp³-hybridized carbons (Fsp3) is 0.312. The van der Waals surface area contributed by atoms with E-state index in [-0.39, 0.29) is 18.8 Å². The van der Waals surface area contributed by atoms with Crippen LogP contribution in [0.5, 0.6) is 0 Å². The van der Waals surface area contributed by atoms with Gasteiger partial charge in [0.05, 0.1) is 25.5 Å². The van der Waals surface area contributed by atoms with Crippen LogP contribution in [0.3, 0.4) is 0 Å². The molecule has 24 heavy (non-hydrogen) atoms. The molecule has 0 spiro atoms. The lowest BCUT2D eigenvalue weighted by atomic mass is 10.2. The molecule has 0 aliphatic heterocycles. The smallest absolute Gasteiger partial charge is 0.277 e. The number of amides is 2. The Morgan fingerprint density at radius 3 is 2.58 bits per heavy atom. The molecule has 0 heterocycles. The maximum Gasteiger partial charge on any atom is 0.277 e. The van der Waals surface area contributed by atoms with E-state index < -0.39 is 11.8 Å². The zero-order chi connectivity index (χ0) is 17.9. The Morgan fingerprint density at radius 1 is 1.38 bits per heavy atom. The molecule has 0 bridgehead atoms. The van der Waals surface area contributed by atoms with Gasteiger partial charge in [0, 0.05) is 25.4 Å². The molecule has 2 amide bonds. The molecule has 8 heteroatoms. The predicted octanol–water partition coefficient (Wildman–Crippen LogP) is 0.154. The lowest BCUT2D eigenvalue weighted by molar-refractivity contribution is -0.123. The molecule has 0 radical (unpaired) electrons. The molecule has 0 aliphatic rings. The molecule has 0 aliphatic carbocycles. The third-order valence-electron chi connectivity index (χ3n) is 2.89. The number of aliphatic hydroxyl groups is 1. The second kappa shape index (κ2) is 9.99. The van der Waals surface area contributed by atoms with Crippen molar-refractivity contribution in [3.63, 3.8) is 0 Å². The molecule has 0 unspecified atom stereocenters. The number of benzene rings is 1. The molecule has 0 aromatic heterocycles. The van der Waals surface area contributed by atoms with Crippen molar-refractivity contribution in [2.45, 2.75) is 6.92 Å². The zero-order valence-electron chi connectivity index (χ0n) is 13.4. The molecular formula is C16H20N4O4. The van der Waals surface area contributed by atoms with Crippen LogP contribution in [0.15, 0.2) is 36.0 Å². The van der Waals surface area contributed by atoms with Crippen LogP contribution in [0.4, 0.5) is 11.4 Å². The lowest BCUT2D eigenvalue weighted by Crippen LogP contribution is -2.36. The molecular weight excluding hydrogens is 312 g/mol. The summed E-state index contributed by atoms with van der Waals surface area (Å²) in [5, 5.41) is 20.5. The molecule has 128 valence electrons. The third-order valence-corrected chi connectivity index (χ3v) is 2.89. The van der Waals surface area contributed by atoms with Gasteiger partial charge in [-0.2, -0.15) is 5.26 Å². The summed E-state index contributed by atoms with van der Waals surface area (Å²) in [5.41, 5.74) is 6.20. The monoisotopic (exact) mass is 332 g/mol. The van der Waals surface area contributed by atoms with Crippen LogP contribution >= 0.6 is 0 Å². The van der Waals surface area contributed by atoms with Crippen molar-refractivity contribution in [2.24, 2.45) is 0 Å². The summed E-state index contributed by atoms with van der Waals surface area (Å²) in [4.78, 5) is 25.2. The Hall–Kier alpha value is -2.89. The first-order valence-corrected chi connectivity index (χ1v) is 7.24. The van der Waals surface area contributed by atoms with Crippen LogP contribution in [0, 0.1) is 11.3 Å². The van der Waals surface area contributed by atoms with Gasteiger partial charge >= 0.3 is 0 Å². The zero-order valence-corrected chi connectivity index (χ0v) is 13.4. The SMILES string of the molecule is CC(=O)N(C(=O)/C(C#N)=C\NCCOCCO)c1ccc(N)cc1. The lowest BCUT2D eigenvalue weighted by Gasteiger charge is -2.19. The summed E-state index contributed by atoms with van der Waals surface area (Å²) in [5.74, 6) is -1.25. The van der Waals surface area contributed by atoms with Crippen LogP contribution in [0.25, 0.3) is 0 Å². The van der Waals surface area contributed by atoms with E-state index in [9.17, 15) is 9.59 Å². The second-order valence-corrected chi connectivity index (χ2v) is 4.71. The number of rotatable bonds is 8. The fourth-order valence-corrected chi connectivity index (χ4v) is 1.80. The summed E-state index contributed by atoms with van der Waals surface area (Å²) < 4.78 is 5.04. The number of nitrogens with one attached hydrogen (secondary N) is 1. The van der Waals surface area contributed by atoms with Gasteiger partial charge in [0.25, 0.3) is 5.91 Å². The largest absolute Gasteiger partial charge is 0.399 e. The van der Waals surface area contributed by atoms with Gasteiger partial charge in [-0.25, -0.2) is 4.90 Å². The van der Waals surface area contributed by atoms with Crippen molar-refractivity contribution in [3.8, 4) is 6.07 Å². The molecule has 8 nitrogen and oxygen atoms in total. The quantitative estimate of drug-likeness (QED) is 0.267. The van der Waals surface area contributed by atoms with Crippen molar-refractivity contribution >= 4 is 23.2 Å². The molecule has 0 atom stereocenters. The Bertz CT molecular complexity index is 634. The number of nitrogens with two attached hydrogens (primary N) is 1. The number of carbonyl (C=O) groups excluding carboxylic acids is 2. The number of ether oxygens (including phenoxy) is 1. The molecule has 0 saturated heterocycles. The third kappa shape index (κ3) is 5.72. The fourth-order valence-electron chi connectivity index (χ4n) is 1.80. The van der Waals surface area contributed by atoms with Gasteiger partial charge in [-0.3, -0.25) is 9.59 Å². The summed E-state index contributed by atoms with van der Waals surface area (Å²) in [6, 6.07) is 7.95. The standard InChI is InChI=1S/C16H20N4O4/c1-12(22)20(15-4-2-14(18)3-5-15)16(23)13(10-17)11-19-6-8-24-9-7-21/h2-5,11,19,21H,6-9,18H2,1H3/b13-11-. The first kappa shape index (κ1) is 19.2. The number of aliphatic hydroxyl groups excluding tert-OH is 1. The number of hydrogen-bond donors (Lipinski definition) is 3. The van der Waals surface area contributed by atoms with Gasteiger partial charge in [0.15, 0.2) is 0 Å². The summed E-state index contributed by atoms with van der Waals surface area (Å²) in [6.07, 6.45) is 1.23. The summed E-state index contributed by atoms with van der Waals surface area (Å²) >= 11 is 0. The highest BCUT2D eigenvalue weighted by Gasteiger charge is 2.23. The minimum Gasteiger partial charge on any atom is -0.399 e. The van der Waals surface area contributed by atoms with E-state index in [1.807, 2.05) is 0 Å². The number of imide groups is 1. The highest BCUT2D eigenvalue weighted by atomic mass is 16.5. The van der Waals surface area contributed by atoms with Gasteiger partial charge in [0.2, 0.25) is 5.91 Å². The summed E-state index contributed by atoms with van der Waals surface area (Å²) in [7, 11) is 0. The normalized spacial score (nSPS) is 10.8. The Balaban J connectivity index is 2.82. The van der Waals surface area contributed by atoms with Gasteiger partial charge in [-0.05, 0) is 24.3 Å². The number of carbonyl (C=O) groups is 2. The highest BCUT2D eigenvalue weighted by molar-refractivity contribution is 6.21. The Labute approximate surface area is 140 Å². The van der Waals surface area contributed by atoms with Crippen LogP contribution in [-0.4, -0.2) is 43.3 Å². The number of anilines is 2. The van der Waals surface area contributed by atoms with Crippen LogP contribution in [0.2, 0.25) is 0 Å². The van der Waals surface area contributed by atoms with Gasteiger partial charge < -0.3 is 20.9 Å². The van der Waals surface area contributed by atoms with Gasteiger partial charge in [0.1, 0.15) is 11.6 Å². The van der Waals surface area contributed by atoms with E-state index in [0.29, 0.717) is 24.5 Å². The predicted molar refractivity (Wildman–Crippen MR) is 88.6 cm³/mol. The molecule has 0 saturated carbocycles. The molecule has 4 N–H and O–H groups in total. The van der Waals surface area contributed by atoms with E-state index >= 15 is 0 Å². The highest BCUT2D eigenvalue weighted by Crippen LogP contribution is 2.18. The van der Waals surface area contributed by atoms with E-state index in [1.165, 1.54) is 25.3 Å². The number of nitriles is 1. The maximum atomic E-state index is 12.4. The molecule has 0 fully saturated rings. The minimum atomic E-state index is -0.737. The first-order valence-electron chi connectivity index (χ1n) is 7.24. The first-order chi connectivity index (χ1) is 11.5. The van der Waals surface area contributed by atoms with Crippen molar-refractivity contribution < 1.29 is 19.4 Å². The molecule has 1 aromatic carbocycles. The van der Waals surface area contributed by atoms with Crippen LogP contribution in [-0.2, 0) is 14.3 Å².